The van der Waals surface area contributed by atoms with Crippen molar-refractivity contribution in [3.63, 3.8) is 0 Å². The number of carbonyl (C=O) groups excluding carboxylic acids is 1. The lowest BCUT2D eigenvalue weighted by Crippen LogP contribution is -1.96. The zero-order chi connectivity index (χ0) is 10.6. The van der Waals surface area contributed by atoms with Crippen molar-refractivity contribution in [3.8, 4) is 11.8 Å². The molecule has 0 bridgehead atoms. The summed E-state index contributed by atoms with van der Waals surface area (Å²) >= 11 is 0. The molecule has 1 rings (SSSR count). The van der Waals surface area contributed by atoms with Crippen LogP contribution in [0.15, 0.2) is 12.1 Å². The molecule has 0 aliphatic heterocycles. The Labute approximate surface area is 82.9 Å². The molecule has 72 valence electrons. The second-order valence-corrected chi connectivity index (χ2v) is 2.97. The van der Waals surface area contributed by atoms with E-state index < -0.39 is 0 Å². The molecule has 3 heteroatoms. The fraction of sp³-hybridized carbons (Fsp3) is 0.273. The zero-order valence-corrected chi connectivity index (χ0v) is 8.20. The third-order valence-electron chi connectivity index (χ3n) is 2.07. The number of aryl methyl sites for hydroxylation is 1. The van der Waals surface area contributed by atoms with Gasteiger partial charge in [-0.25, -0.2) is 0 Å². The van der Waals surface area contributed by atoms with Gasteiger partial charge in [0.1, 0.15) is 12.0 Å². The van der Waals surface area contributed by atoms with E-state index in [4.69, 9.17) is 10.00 Å². The molecular formula is C11H11NO2. The van der Waals surface area contributed by atoms with E-state index in [0.29, 0.717) is 17.7 Å². The van der Waals surface area contributed by atoms with Gasteiger partial charge in [-0.2, -0.15) is 5.26 Å². The van der Waals surface area contributed by atoms with Crippen LogP contribution in [0.4, 0.5) is 0 Å². The van der Waals surface area contributed by atoms with Gasteiger partial charge in [0.05, 0.1) is 19.6 Å². The minimum atomic E-state index is 0.295. The first-order valence-corrected chi connectivity index (χ1v) is 4.22. The van der Waals surface area contributed by atoms with Gasteiger partial charge in [-0.15, -0.1) is 0 Å². The van der Waals surface area contributed by atoms with Crippen LogP contribution in [0.3, 0.4) is 0 Å². The van der Waals surface area contributed by atoms with E-state index in [0.717, 1.165) is 17.4 Å². The monoisotopic (exact) mass is 189 g/mol. The molecule has 0 saturated carbocycles. The summed E-state index contributed by atoms with van der Waals surface area (Å²) in [5.41, 5.74) is 2.28. The second kappa shape index (κ2) is 4.43. The van der Waals surface area contributed by atoms with Crippen molar-refractivity contribution in [1.82, 2.24) is 0 Å². The highest BCUT2D eigenvalue weighted by Gasteiger charge is 2.06. The lowest BCUT2D eigenvalue weighted by atomic mass is 10.0. The average molecular weight is 189 g/mol. The molecule has 14 heavy (non-hydrogen) atoms. The highest BCUT2D eigenvalue weighted by molar-refractivity contribution is 5.78. The quantitative estimate of drug-likeness (QED) is 0.682. The van der Waals surface area contributed by atoms with E-state index >= 15 is 0 Å². The maximum absolute atomic E-state index is 10.6. The maximum Gasteiger partial charge on any atom is 0.150 e. The van der Waals surface area contributed by atoms with Crippen LogP contribution in [-0.4, -0.2) is 13.4 Å². The van der Waals surface area contributed by atoms with Crippen molar-refractivity contribution in [2.24, 2.45) is 0 Å². The molecule has 0 N–H and O–H groups in total. The van der Waals surface area contributed by atoms with E-state index in [9.17, 15) is 4.79 Å². The fourth-order valence-electron chi connectivity index (χ4n) is 1.30. The van der Waals surface area contributed by atoms with Crippen molar-refractivity contribution < 1.29 is 9.53 Å². The van der Waals surface area contributed by atoms with E-state index in [-0.39, 0.29) is 0 Å². The fourth-order valence-corrected chi connectivity index (χ4v) is 1.30. The smallest absolute Gasteiger partial charge is 0.150 e. The van der Waals surface area contributed by atoms with E-state index in [1.54, 1.807) is 6.07 Å². The molecule has 0 fully saturated rings. The Kier molecular flexibility index (Phi) is 3.24. The van der Waals surface area contributed by atoms with Crippen molar-refractivity contribution >= 4 is 6.29 Å². The van der Waals surface area contributed by atoms with Gasteiger partial charge in [0.25, 0.3) is 0 Å². The molecule has 3 nitrogen and oxygen atoms in total. The normalized spacial score (nSPS) is 9.21. The SMILES string of the molecule is COc1cc(C=O)c(C)cc1CC#N. The highest BCUT2D eigenvalue weighted by atomic mass is 16.5. The first-order valence-electron chi connectivity index (χ1n) is 4.22. The van der Waals surface area contributed by atoms with E-state index in [2.05, 4.69) is 6.07 Å². The second-order valence-electron chi connectivity index (χ2n) is 2.97. The van der Waals surface area contributed by atoms with Gasteiger partial charge in [-0.3, -0.25) is 4.79 Å². The molecule has 1 aromatic rings. The Balaban J connectivity index is 3.25. The number of benzene rings is 1. The van der Waals surface area contributed by atoms with Crippen LogP contribution >= 0.6 is 0 Å². The average Bonchev–Trinajstić information content (AvgIpc) is 2.19. The lowest BCUT2D eigenvalue weighted by Gasteiger charge is -2.08. The summed E-state index contributed by atoms with van der Waals surface area (Å²) in [4.78, 5) is 10.6. The molecule has 0 aliphatic carbocycles. The van der Waals surface area contributed by atoms with Gasteiger partial charge >= 0.3 is 0 Å². The number of aldehydes is 1. The summed E-state index contributed by atoms with van der Waals surface area (Å²) in [5, 5.41) is 8.58. The first-order chi connectivity index (χ1) is 6.72. The number of hydrogen-bond acceptors (Lipinski definition) is 3. The van der Waals surface area contributed by atoms with Crippen LogP contribution < -0.4 is 4.74 Å². The number of nitrogens with zero attached hydrogens (tertiary/aromatic N) is 1. The zero-order valence-electron chi connectivity index (χ0n) is 8.20. The van der Waals surface area contributed by atoms with Gasteiger partial charge in [0.15, 0.2) is 0 Å². The summed E-state index contributed by atoms with van der Waals surface area (Å²) in [7, 11) is 1.53. The number of ether oxygens (including phenoxy) is 1. The van der Waals surface area contributed by atoms with Gasteiger partial charge in [-0.05, 0) is 18.6 Å². The summed E-state index contributed by atoms with van der Waals surface area (Å²) < 4.78 is 5.09. The first kappa shape index (κ1) is 10.3. The predicted octanol–water partition coefficient (Wildman–Crippen LogP) is 1.88. The molecule has 1 aromatic carbocycles. The van der Waals surface area contributed by atoms with Gasteiger partial charge in [0.2, 0.25) is 0 Å². The van der Waals surface area contributed by atoms with Crippen LogP contribution in [0.1, 0.15) is 21.5 Å². The number of carbonyl (C=O) groups is 1. The molecule has 0 heterocycles. The number of rotatable bonds is 3. The minimum absolute atomic E-state index is 0.295. The van der Waals surface area contributed by atoms with Crippen LogP contribution in [0, 0.1) is 18.3 Å². The summed E-state index contributed by atoms with van der Waals surface area (Å²) in [6.45, 7) is 1.84. The highest BCUT2D eigenvalue weighted by Crippen LogP contribution is 2.22. The van der Waals surface area contributed by atoms with Crippen LogP contribution in [0.2, 0.25) is 0 Å². The Morgan fingerprint density at radius 3 is 2.79 bits per heavy atom. The summed E-state index contributed by atoms with van der Waals surface area (Å²) in [6, 6.07) is 5.53. The largest absolute Gasteiger partial charge is 0.496 e. The Hall–Kier alpha value is -1.82. The van der Waals surface area contributed by atoms with Crippen molar-refractivity contribution in [2.75, 3.05) is 7.11 Å². The Bertz CT molecular complexity index is 391. The summed E-state index contributed by atoms with van der Waals surface area (Å²) in [5.74, 6) is 0.597. The summed E-state index contributed by atoms with van der Waals surface area (Å²) in [6.07, 6.45) is 1.08. The van der Waals surface area contributed by atoms with Crippen molar-refractivity contribution in [2.45, 2.75) is 13.3 Å². The lowest BCUT2D eigenvalue weighted by molar-refractivity contribution is 0.112. The van der Waals surface area contributed by atoms with Gasteiger partial charge < -0.3 is 4.74 Å². The Morgan fingerprint density at radius 1 is 1.57 bits per heavy atom. The van der Waals surface area contributed by atoms with Gasteiger partial charge in [0, 0.05) is 11.1 Å². The third-order valence-corrected chi connectivity index (χ3v) is 2.07. The number of nitriles is 1. The Morgan fingerprint density at radius 2 is 2.29 bits per heavy atom. The van der Waals surface area contributed by atoms with E-state index in [1.807, 2.05) is 13.0 Å². The molecule has 0 unspecified atom stereocenters. The van der Waals surface area contributed by atoms with Crippen LogP contribution in [0.5, 0.6) is 5.75 Å². The van der Waals surface area contributed by atoms with Crippen LogP contribution in [0.25, 0.3) is 0 Å². The standard InChI is InChI=1S/C11H11NO2/c1-8-5-9(3-4-12)11(14-2)6-10(8)7-13/h5-7H,3H2,1-2H3. The molecule has 0 saturated heterocycles. The predicted molar refractivity (Wildman–Crippen MR) is 52.4 cm³/mol. The molecule has 0 aliphatic rings. The molecule has 0 radical (unpaired) electrons. The molecule has 0 atom stereocenters. The maximum atomic E-state index is 10.6. The number of methoxy groups -OCH3 is 1. The topological polar surface area (TPSA) is 50.1 Å². The van der Waals surface area contributed by atoms with E-state index in [1.165, 1.54) is 7.11 Å². The number of hydrogen-bond donors (Lipinski definition) is 0. The molecular weight excluding hydrogens is 178 g/mol. The molecule has 0 spiro atoms. The van der Waals surface area contributed by atoms with Crippen molar-refractivity contribution in [1.29, 1.82) is 5.26 Å². The molecule has 0 aromatic heterocycles. The third kappa shape index (κ3) is 1.91. The van der Waals surface area contributed by atoms with Crippen molar-refractivity contribution in [3.05, 3.63) is 28.8 Å². The molecule has 0 amide bonds. The van der Waals surface area contributed by atoms with Gasteiger partial charge in [-0.1, -0.05) is 6.07 Å². The van der Waals surface area contributed by atoms with Crippen LogP contribution in [-0.2, 0) is 6.42 Å². The minimum Gasteiger partial charge on any atom is -0.496 e.